The average molecular weight is 336 g/mol. The zero-order valence-electron chi connectivity index (χ0n) is 14.1. The first kappa shape index (κ1) is 18.2. The second-order valence-electron chi connectivity index (χ2n) is 6.26. The Kier molecular flexibility index (Phi) is 6.54. The third kappa shape index (κ3) is 5.19. The maximum absolute atomic E-state index is 12.2. The summed E-state index contributed by atoms with van der Waals surface area (Å²) in [6.07, 6.45) is 2.08. The Hall–Kier alpha value is -2.15. The van der Waals surface area contributed by atoms with Gasteiger partial charge in [0.05, 0.1) is 12.9 Å². The summed E-state index contributed by atoms with van der Waals surface area (Å²) in [5.74, 6) is 0.328. The van der Waals surface area contributed by atoms with E-state index >= 15 is 0 Å². The largest absolute Gasteiger partial charge is 0.467 e. The zero-order valence-corrected chi connectivity index (χ0v) is 14.1. The van der Waals surface area contributed by atoms with Crippen LogP contribution < -0.4 is 5.32 Å². The summed E-state index contributed by atoms with van der Waals surface area (Å²) in [5, 5.41) is 2.84. The van der Waals surface area contributed by atoms with Crippen molar-refractivity contribution < 1.29 is 23.5 Å². The van der Waals surface area contributed by atoms with Crippen LogP contribution in [0.1, 0.15) is 44.9 Å². The molecule has 0 aromatic carbocycles. The number of likely N-dealkylation sites (tertiary alicyclic amines) is 1. The van der Waals surface area contributed by atoms with Crippen molar-refractivity contribution in [2.24, 2.45) is 5.92 Å². The highest BCUT2D eigenvalue weighted by atomic mass is 16.5. The van der Waals surface area contributed by atoms with E-state index in [-0.39, 0.29) is 43.5 Å². The normalized spacial score (nSPS) is 16.0. The standard InChI is InChI=1S/C17H24N2O5/c1-12(2)10-23-11-13(14-4-3-9-24-14)18-15(20)7-8-19-16(21)5-6-17(19)22/h3-4,9,12-13H,5-8,10-11H2,1-2H3,(H,18,20). The lowest BCUT2D eigenvalue weighted by Gasteiger charge is -2.19. The minimum atomic E-state index is -0.392. The van der Waals surface area contributed by atoms with Crippen molar-refractivity contribution in [3.8, 4) is 0 Å². The summed E-state index contributed by atoms with van der Waals surface area (Å²) in [4.78, 5) is 36.4. The monoisotopic (exact) mass is 336 g/mol. The Morgan fingerprint density at radius 1 is 1.29 bits per heavy atom. The number of rotatable bonds is 9. The lowest BCUT2D eigenvalue weighted by Crippen LogP contribution is -2.36. The van der Waals surface area contributed by atoms with Gasteiger partial charge in [-0.1, -0.05) is 13.8 Å². The molecule has 2 rings (SSSR count). The number of amides is 3. The van der Waals surface area contributed by atoms with Crippen LogP contribution in [0.4, 0.5) is 0 Å². The predicted octanol–water partition coefficient (Wildman–Crippen LogP) is 1.65. The Balaban J connectivity index is 1.85. The van der Waals surface area contributed by atoms with Gasteiger partial charge in [0.15, 0.2) is 0 Å². The molecule has 1 aliphatic rings. The van der Waals surface area contributed by atoms with Crippen LogP contribution in [0.2, 0.25) is 0 Å². The second-order valence-corrected chi connectivity index (χ2v) is 6.26. The van der Waals surface area contributed by atoms with Gasteiger partial charge in [-0.2, -0.15) is 0 Å². The molecule has 0 bridgehead atoms. The Morgan fingerprint density at radius 3 is 2.58 bits per heavy atom. The summed E-state index contributed by atoms with van der Waals surface area (Å²) < 4.78 is 11.0. The molecule has 0 saturated carbocycles. The van der Waals surface area contributed by atoms with Crippen LogP contribution in [-0.4, -0.2) is 42.4 Å². The van der Waals surface area contributed by atoms with Crippen molar-refractivity contribution in [3.63, 3.8) is 0 Å². The van der Waals surface area contributed by atoms with E-state index in [4.69, 9.17) is 9.15 Å². The fraction of sp³-hybridized carbons (Fsp3) is 0.588. The van der Waals surface area contributed by atoms with Crippen LogP contribution in [0.25, 0.3) is 0 Å². The fourth-order valence-electron chi connectivity index (χ4n) is 2.46. The third-order valence-corrected chi connectivity index (χ3v) is 3.67. The summed E-state index contributed by atoms with van der Waals surface area (Å²) in [5.41, 5.74) is 0. The SMILES string of the molecule is CC(C)COCC(NC(=O)CCN1C(=O)CCC1=O)c1ccco1. The smallest absolute Gasteiger partial charge is 0.229 e. The van der Waals surface area contributed by atoms with Crippen LogP contribution in [0, 0.1) is 5.92 Å². The second kappa shape index (κ2) is 8.63. The number of carbonyl (C=O) groups excluding carboxylic acids is 3. The molecule has 7 nitrogen and oxygen atoms in total. The van der Waals surface area contributed by atoms with Crippen LogP contribution in [0.5, 0.6) is 0 Å². The minimum Gasteiger partial charge on any atom is -0.467 e. The van der Waals surface area contributed by atoms with Crippen LogP contribution in [0.3, 0.4) is 0 Å². The van der Waals surface area contributed by atoms with Crippen molar-refractivity contribution in [2.45, 2.75) is 39.2 Å². The highest BCUT2D eigenvalue weighted by Gasteiger charge is 2.29. The number of carbonyl (C=O) groups is 3. The van der Waals surface area contributed by atoms with E-state index in [1.807, 2.05) is 13.8 Å². The molecule has 1 atom stereocenters. The molecule has 132 valence electrons. The molecule has 1 fully saturated rings. The van der Waals surface area contributed by atoms with Crippen LogP contribution in [-0.2, 0) is 19.1 Å². The third-order valence-electron chi connectivity index (χ3n) is 3.67. The summed E-state index contributed by atoms with van der Waals surface area (Å²) in [6, 6.07) is 3.13. The van der Waals surface area contributed by atoms with Crippen LogP contribution in [0.15, 0.2) is 22.8 Å². The Bertz CT molecular complexity index is 552. The van der Waals surface area contributed by atoms with Gasteiger partial charge in [0.2, 0.25) is 17.7 Å². The van der Waals surface area contributed by atoms with E-state index in [1.54, 1.807) is 18.4 Å². The number of nitrogens with one attached hydrogen (secondary N) is 1. The van der Waals surface area contributed by atoms with E-state index in [0.717, 1.165) is 4.90 Å². The highest BCUT2D eigenvalue weighted by Crippen LogP contribution is 2.16. The molecule has 1 N–H and O–H groups in total. The number of ether oxygens (including phenoxy) is 1. The van der Waals surface area contributed by atoms with Crippen molar-refractivity contribution in [1.82, 2.24) is 10.2 Å². The topological polar surface area (TPSA) is 88.9 Å². The van der Waals surface area contributed by atoms with Gasteiger partial charge >= 0.3 is 0 Å². The van der Waals surface area contributed by atoms with E-state index < -0.39 is 6.04 Å². The van der Waals surface area contributed by atoms with Crippen molar-refractivity contribution in [2.75, 3.05) is 19.8 Å². The van der Waals surface area contributed by atoms with Gasteiger partial charge in [-0.3, -0.25) is 19.3 Å². The average Bonchev–Trinajstić information content (AvgIpc) is 3.15. The molecule has 1 aromatic rings. The van der Waals surface area contributed by atoms with Gasteiger partial charge < -0.3 is 14.5 Å². The van der Waals surface area contributed by atoms with Crippen molar-refractivity contribution in [3.05, 3.63) is 24.2 Å². The van der Waals surface area contributed by atoms with Gasteiger partial charge in [-0.15, -0.1) is 0 Å². The fourth-order valence-corrected chi connectivity index (χ4v) is 2.46. The molecule has 24 heavy (non-hydrogen) atoms. The first-order valence-electron chi connectivity index (χ1n) is 8.21. The maximum Gasteiger partial charge on any atom is 0.229 e. The molecule has 2 heterocycles. The lowest BCUT2D eigenvalue weighted by molar-refractivity contribution is -0.138. The number of imide groups is 1. The number of furan rings is 1. The van der Waals surface area contributed by atoms with E-state index in [9.17, 15) is 14.4 Å². The quantitative estimate of drug-likeness (QED) is 0.693. The lowest BCUT2D eigenvalue weighted by atomic mass is 10.2. The molecular formula is C17H24N2O5. The van der Waals surface area contributed by atoms with Gasteiger partial charge in [-0.05, 0) is 18.1 Å². The molecule has 1 saturated heterocycles. The van der Waals surface area contributed by atoms with E-state index in [2.05, 4.69) is 5.32 Å². The van der Waals surface area contributed by atoms with Crippen molar-refractivity contribution in [1.29, 1.82) is 0 Å². The molecule has 0 aliphatic carbocycles. The molecule has 1 aromatic heterocycles. The zero-order chi connectivity index (χ0) is 17.5. The summed E-state index contributed by atoms with van der Waals surface area (Å²) in [6.45, 7) is 5.10. The summed E-state index contributed by atoms with van der Waals surface area (Å²) >= 11 is 0. The molecule has 3 amide bonds. The van der Waals surface area contributed by atoms with Crippen LogP contribution >= 0.6 is 0 Å². The van der Waals surface area contributed by atoms with Gasteiger partial charge in [0.25, 0.3) is 0 Å². The molecular weight excluding hydrogens is 312 g/mol. The highest BCUT2D eigenvalue weighted by molar-refractivity contribution is 6.02. The van der Waals surface area contributed by atoms with Gasteiger partial charge in [0.1, 0.15) is 11.8 Å². The van der Waals surface area contributed by atoms with Gasteiger partial charge in [-0.25, -0.2) is 0 Å². The van der Waals surface area contributed by atoms with E-state index in [1.165, 1.54) is 0 Å². The molecule has 7 heteroatoms. The predicted molar refractivity (Wildman–Crippen MR) is 85.8 cm³/mol. The first-order chi connectivity index (χ1) is 11.5. The number of hydrogen-bond donors (Lipinski definition) is 1. The molecule has 0 radical (unpaired) electrons. The molecule has 1 aliphatic heterocycles. The van der Waals surface area contributed by atoms with E-state index in [0.29, 0.717) is 24.9 Å². The Labute approximate surface area is 141 Å². The maximum atomic E-state index is 12.2. The molecule has 0 spiro atoms. The number of nitrogens with zero attached hydrogens (tertiary/aromatic N) is 1. The number of hydrogen-bond acceptors (Lipinski definition) is 5. The molecule has 1 unspecified atom stereocenters. The summed E-state index contributed by atoms with van der Waals surface area (Å²) in [7, 11) is 0. The Morgan fingerprint density at radius 2 is 2.00 bits per heavy atom. The van der Waals surface area contributed by atoms with Crippen molar-refractivity contribution >= 4 is 17.7 Å². The minimum absolute atomic E-state index is 0.0683. The van der Waals surface area contributed by atoms with Gasteiger partial charge in [0, 0.05) is 32.4 Å². The first-order valence-corrected chi connectivity index (χ1v) is 8.21.